The Kier molecular flexibility index (Phi) is 6.00. The molecule has 0 aliphatic heterocycles. The number of aliphatic hydroxyl groups excluding tert-OH is 1. The first-order chi connectivity index (χ1) is 14.5. The van der Waals surface area contributed by atoms with Crippen molar-refractivity contribution in [2.75, 3.05) is 6.54 Å². The summed E-state index contributed by atoms with van der Waals surface area (Å²) >= 11 is 0. The van der Waals surface area contributed by atoms with Gasteiger partial charge in [-0.1, -0.05) is 60.2 Å². The fraction of sp³-hybridized carbons (Fsp3) is 0.360. The summed E-state index contributed by atoms with van der Waals surface area (Å²) in [6.45, 7) is 2.69. The van der Waals surface area contributed by atoms with E-state index in [0.29, 0.717) is 12.2 Å². The van der Waals surface area contributed by atoms with Crippen molar-refractivity contribution in [2.24, 2.45) is 7.05 Å². The van der Waals surface area contributed by atoms with Crippen LogP contribution in [0.25, 0.3) is 0 Å². The predicted molar refractivity (Wildman–Crippen MR) is 117 cm³/mol. The fourth-order valence-electron chi connectivity index (χ4n) is 4.31. The number of hydrogen-bond donors (Lipinski definition) is 1. The quantitative estimate of drug-likeness (QED) is 0.677. The molecule has 0 saturated heterocycles. The van der Waals surface area contributed by atoms with E-state index in [1.165, 1.54) is 0 Å². The Balaban J connectivity index is 1.65. The molecule has 1 amide bonds. The van der Waals surface area contributed by atoms with Crippen LogP contribution >= 0.6 is 0 Å². The molecule has 0 saturated carbocycles. The lowest BCUT2D eigenvalue weighted by atomic mass is 9.95. The molecule has 0 radical (unpaired) electrons. The number of aryl methyl sites for hydroxylation is 3. The van der Waals surface area contributed by atoms with E-state index < -0.39 is 6.10 Å². The van der Waals surface area contributed by atoms with E-state index in [4.69, 9.17) is 0 Å². The molecule has 2 aromatic carbocycles. The minimum absolute atomic E-state index is 0.0660. The Morgan fingerprint density at radius 3 is 2.67 bits per heavy atom. The Labute approximate surface area is 178 Å². The summed E-state index contributed by atoms with van der Waals surface area (Å²) in [6, 6.07) is 17.8. The molecule has 0 spiro atoms. The number of nitrogens with zero attached hydrogens (tertiary/aromatic N) is 3. The van der Waals surface area contributed by atoms with Gasteiger partial charge in [-0.15, -0.1) is 0 Å². The van der Waals surface area contributed by atoms with Crippen molar-refractivity contribution in [3.05, 3.63) is 88.2 Å². The Bertz CT molecular complexity index is 1030. The Hall–Kier alpha value is -2.92. The lowest BCUT2D eigenvalue weighted by Gasteiger charge is -2.26. The summed E-state index contributed by atoms with van der Waals surface area (Å²) in [4.78, 5) is 15.4. The van der Waals surface area contributed by atoms with Gasteiger partial charge in [0.25, 0.3) is 5.91 Å². The fourth-order valence-corrected chi connectivity index (χ4v) is 4.31. The highest BCUT2D eigenvalue weighted by atomic mass is 16.3. The van der Waals surface area contributed by atoms with Crippen LogP contribution in [-0.4, -0.2) is 32.2 Å². The average Bonchev–Trinajstić information content (AvgIpc) is 3.09. The van der Waals surface area contributed by atoms with Crippen LogP contribution < -0.4 is 0 Å². The Morgan fingerprint density at radius 1 is 1.13 bits per heavy atom. The van der Waals surface area contributed by atoms with Crippen molar-refractivity contribution in [3.8, 4) is 0 Å². The lowest BCUT2D eigenvalue weighted by molar-refractivity contribution is 0.0592. The molecular formula is C25H29N3O2. The largest absolute Gasteiger partial charge is 0.387 e. The number of benzene rings is 2. The number of carbonyl (C=O) groups excluding carboxylic acids is 1. The van der Waals surface area contributed by atoms with E-state index in [9.17, 15) is 9.90 Å². The molecule has 4 rings (SSSR count). The van der Waals surface area contributed by atoms with Gasteiger partial charge in [-0.05, 0) is 43.7 Å². The van der Waals surface area contributed by atoms with Crippen molar-refractivity contribution < 1.29 is 9.90 Å². The molecule has 1 heterocycles. The smallest absolute Gasteiger partial charge is 0.272 e. The molecule has 5 nitrogen and oxygen atoms in total. The standard InChI is InChI=1S/C25H29N3O2/c1-18-9-8-12-20(15-18)23(29)17-28(16-19-10-4-3-5-11-19)25(30)24-21-13-6-7-14-22(21)26-27(24)2/h3-5,8-12,15,23,29H,6-7,13-14,16-17H2,1-2H3. The molecular weight excluding hydrogens is 374 g/mol. The second kappa shape index (κ2) is 8.84. The van der Waals surface area contributed by atoms with Crippen molar-refractivity contribution in [1.29, 1.82) is 0 Å². The van der Waals surface area contributed by atoms with E-state index in [1.807, 2.05) is 68.6 Å². The van der Waals surface area contributed by atoms with Crippen LogP contribution in [-0.2, 0) is 26.4 Å². The summed E-state index contributed by atoms with van der Waals surface area (Å²) < 4.78 is 1.73. The third-order valence-corrected chi connectivity index (χ3v) is 5.85. The summed E-state index contributed by atoms with van der Waals surface area (Å²) in [5, 5.41) is 15.5. The molecule has 30 heavy (non-hydrogen) atoms. The van der Waals surface area contributed by atoms with E-state index in [2.05, 4.69) is 5.10 Å². The van der Waals surface area contributed by atoms with Gasteiger partial charge in [-0.25, -0.2) is 0 Å². The topological polar surface area (TPSA) is 58.4 Å². The van der Waals surface area contributed by atoms with E-state index >= 15 is 0 Å². The monoisotopic (exact) mass is 403 g/mol. The summed E-state index contributed by atoms with van der Waals surface area (Å²) in [5.41, 5.74) is 5.75. The van der Waals surface area contributed by atoms with Crippen molar-refractivity contribution in [2.45, 2.75) is 45.3 Å². The van der Waals surface area contributed by atoms with Gasteiger partial charge in [0.05, 0.1) is 18.3 Å². The maximum absolute atomic E-state index is 13.7. The zero-order chi connectivity index (χ0) is 21.1. The number of amides is 1. The molecule has 1 aromatic heterocycles. The van der Waals surface area contributed by atoms with E-state index in [0.717, 1.165) is 53.6 Å². The molecule has 1 aliphatic rings. The van der Waals surface area contributed by atoms with Gasteiger partial charge in [-0.3, -0.25) is 9.48 Å². The van der Waals surface area contributed by atoms with E-state index in [1.54, 1.807) is 9.58 Å². The number of hydrogen-bond acceptors (Lipinski definition) is 3. The minimum atomic E-state index is -0.749. The first-order valence-electron chi connectivity index (χ1n) is 10.7. The van der Waals surface area contributed by atoms with Gasteiger partial charge < -0.3 is 10.0 Å². The second-order valence-corrected chi connectivity index (χ2v) is 8.21. The maximum Gasteiger partial charge on any atom is 0.272 e. The molecule has 1 atom stereocenters. The normalized spacial score (nSPS) is 14.2. The predicted octanol–water partition coefficient (Wildman–Crippen LogP) is 3.98. The Morgan fingerprint density at radius 2 is 1.90 bits per heavy atom. The number of carbonyl (C=O) groups is 1. The molecule has 3 aromatic rings. The highest BCUT2D eigenvalue weighted by Gasteiger charge is 2.28. The molecule has 0 bridgehead atoms. The second-order valence-electron chi connectivity index (χ2n) is 8.21. The summed E-state index contributed by atoms with van der Waals surface area (Å²) in [5.74, 6) is -0.0660. The van der Waals surface area contributed by atoms with Crippen LogP contribution in [0, 0.1) is 6.92 Å². The van der Waals surface area contributed by atoms with Crippen LogP contribution in [0.15, 0.2) is 54.6 Å². The highest BCUT2D eigenvalue weighted by Crippen LogP contribution is 2.26. The minimum Gasteiger partial charge on any atom is -0.387 e. The maximum atomic E-state index is 13.7. The van der Waals surface area contributed by atoms with E-state index in [-0.39, 0.29) is 12.5 Å². The van der Waals surface area contributed by atoms with Gasteiger partial charge in [-0.2, -0.15) is 5.10 Å². The summed E-state index contributed by atoms with van der Waals surface area (Å²) in [7, 11) is 1.85. The van der Waals surface area contributed by atoms with Crippen LogP contribution in [0.3, 0.4) is 0 Å². The van der Waals surface area contributed by atoms with Crippen molar-refractivity contribution in [1.82, 2.24) is 14.7 Å². The van der Waals surface area contributed by atoms with Gasteiger partial charge in [0.15, 0.2) is 0 Å². The third kappa shape index (κ3) is 4.31. The third-order valence-electron chi connectivity index (χ3n) is 5.85. The molecule has 5 heteroatoms. The van der Waals surface area contributed by atoms with Crippen LogP contribution in [0.4, 0.5) is 0 Å². The SMILES string of the molecule is Cc1cccc(C(O)CN(Cc2ccccc2)C(=O)c2c3c(nn2C)CCCC3)c1. The number of aliphatic hydroxyl groups is 1. The first kappa shape index (κ1) is 20.4. The highest BCUT2D eigenvalue weighted by molar-refractivity contribution is 5.94. The van der Waals surface area contributed by atoms with Crippen LogP contribution in [0.1, 0.15) is 57.4 Å². The van der Waals surface area contributed by atoms with Gasteiger partial charge in [0.1, 0.15) is 5.69 Å². The molecule has 1 N–H and O–H groups in total. The molecule has 0 fully saturated rings. The van der Waals surface area contributed by atoms with Crippen molar-refractivity contribution in [3.63, 3.8) is 0 Å². The number of aromatic nitrogens is 2. The van der Waals surface area contributed by atoms with Gasteiger partial charge in [0.2, 0.25) is 0 Å². The zero-order valence-electron chi connectivity index (χ0n) is 17.7. The van der Waals surface area contributed by atoms with Gasteiger partial charge >= 0.3 is 0 Å². The zero-order valence-corrected chi connectivity index (χ0v) is 17.7. The summed E-state index contributed by atoms with van der Waals surface area (Å²) in [6.07, 6.45) is 3.29. The average molecular weight is 404 g/mol. The molecule has 1 unspecified atom stereocenters. The van der Waals surface area contributed by atoms with Gasteiger partial charge in [0, 0.05) is 19.2 Å². The number of fused-ring (bicyclic) bond motifs is 1. The van der Waals surface area contributed by atoms with Crippen LogP contribution in [0.2, 0.25) is 0 Å². The molecule has 156 valence electrons. The van der Waals surface area contributed by atoms with Crippen molar-refractivity contribution >= 4 is 5.91 Å². The first-order valence-corrected chi connectivity index (χ1v) is 10.7. The molecule has 1 aliphatic carbocycles. The lowest BCUT2D eigenvalue weighted by Crippen LogP contribution is -2.36. The number of rotatable bonds is 6. The van der Waals surface area contributed by atoms with Crippen LogP contribution in [0.5, 0.6) is 0 Å².